The van der Waals surface area contributed by atoms with Gasteiger partial charge in [-0.1, -0.05) is 30.3 Å². The molecule has 4 aromatic rings. The molecule has 6 heteroatoms. The molecule has 0 unspecified atom stereocenters. The van der Waals surface area contributed by atoms with Crippen molar-refractivity contribution in [2.24, 2.45) is 0 Å². The van der Waals surface area contributed by atoms with Gasteiger partial charge >= 0.3 is 0 Å². The Hall–Kier alpha value is -3.98. The summed E-state index contributed by atoms with van der Waals surface area (Å²) in [5.41, 5.74) is 3.77. The van der Waals surface area contributed by atoms with Crippen LogP contribution in [0.25, 0.3) is 16.9 Å². The number of nitrogens with zero attached hydrogens (tertiary/aromatic N) is 4. The third-order valence-corrected chi connectivity index (χ3v) is 4.08. The fraction of sp³-hybridized carbons (Fsp3) is 0. The monoisotopic (exact) mass is 339 g/mol. The summed E-state index contributed by atoms with van der Waals surface area (Å²) in [5.74, 6) is -0.00777. The molecule has 0 aliphatic carbocycles. The van der Waals surface area contributed by atoms with Gasteiger partial charge in [-0.2, -0.15) is 15.6 Å². The Balaban J connectivity index is 1.60. The van der Waals surface area contributed by atoms with Crippen molar-refractivity contribution in [3.63, 3.8) is 0 Å². The van der Waals surface area contributed by atoms with Crippen LogP contribution in [0.4, 0.5) is 0 Å². The van der Waals surface area contributed by atoms with E-state index in [1.165, 1.54) is 0 Å². The average Bonchev–Trinajstić information content (AvgIpc) is 3.37. The molecule has 0 aliphatic heterocycles. The van der Waals surface area contributed by atoms with E-state index in [0.29, 0.717) is 16.8 Å². The molecule has 6 nitrogen and oxygen atoms in total. The molecule has 0 aliphatic rings. The highest BCUT2D eigenvalue weighted by Gasteiger charge is 2.12. The molecule has 0 bridgehead atoms. The van der Waals surface area contributed by atoms with E-state index in [1.807, 2.05) is 59.4 Å². The zero-order valence-corrected chi connectivity index (χ0v) is 13.6. The van der Waals surface area contributed by atoms with Crippen LogP contribution in [0, 0.1) is 11.3 Å². The normalized spacial score (nSPS) is 10.4. The van der Waals surface area contributed by atoms with Crippen LogP contribution in [0.5, 0.6) is 0 Å². The van der Waals surface area contributed by atoms with Crippen LogP contribution in [-0.4, -0.2) is 25.8 Å². The van der Waals surface area contributed by atoms with Crippen molar-refractivity contribution in [1.82, 2.24) is 20.0 Å². The molecular weight excluding hydrogens is 326 g/mol. The largest absolute Gasteiger partial charge is 0.323 e. The van der Waals surface area contributed by atoms with E-state index < -0.39 is 0 Å². The molecule has 0 saturated carbocycles. The molecule has 0 radical (unpaired) electrons. The van der Waals surface area contributed by atoms with E-state index in [1.54, 1.807) is 24.3 Å². The summed E-state index contributed by atoms with van der Waals surface area (Å²) in [5, 5.41) is 19.3. The number of aromatic nitrogens is 4. The Bertz CT molecular complexity index is 1100. The molecule has 2 aromatic carbocycles. The van der Waals surface area contributed by atoms with Gasteiger partial charge < -0.3 is 4.57 Å². The molecule has 4 rings (SSSR count). The Morgan fingerprint density at radius 1 is 0.962 bits per heavy atom. The lowest BCUT2D eigenvalue weighted by Crippen LogP contribution is -2.01. The smallest absolute Gasteiger partial charge is 0.193 e. The van der Waals surface area contributed by atoms with Crippen LogP contribution in [0.1, 0.15) is 21.6 Å². The van der Waals surface area contributed by atoms with Crippen molar-refractivity contribution >= 4 is 5.78 Å². The second-order valence-electron chi connectivity index (χ2n) is 5.68. The first kappa shape index (κ1) is 15.5. The maximum Gasteiger partial charge on any atom is 0.193 e. The minimum Gasteiger partial charge on any atom is -0.323 e. The molecule has 2 heterocycles. The number of carbonyl (C=O) groups is 1. The highest BCUT2D eigenvalue weighted by atomic mass is 16.1. The number of nitrogens with one attached hydrogen (secondary N) is 1. The van der Waals surface area contributed by atoms with Crippen molar-refractivity contribution in [2.75, 3.05) is 0 Å². The molecular formula is C20H13N5O. The van der Waals surface area contributed by atoms with Crippen molar-refractivity contribution in [1.29, 1.82) is 5.26 Å². The zero-order valence-electron chi connectivity index (χ0n) is 13.6. The summed E-state index contributed by atoms with van der Waals surface area (Å²) in [6, 6.07) is 20.4. The number of rotatable bonds is 4. The molecule has 0 amide bonds. The number of carbonyl (C=O) groups excluding carboxylic acids is 1. The van der Waals surface area contributed by atoms with E-state index >= 15 is 0 Å². The summed E-state index contributed by atoms with van der Waals surface area (Å²) in [6.07, 6.45) is 3.74. The van der Waals surface area contributed by atoms with Crippen LogP contribution in [0.2, 0.25) is 0 Å². The van der Waals surface area contributed by atoms with E-state index in [2.05, 4.69) is 15.4 Å². The van der Waals surface area contributed by atoms with Crippen LogP contribution in [0.15, 0.2) is 73.1 Å². The Morgan fingerprint density at radius 2 is 1.69 bits per heavy atom. The minimum atomic E-state index is -0.00777. The van der Waals surface area contributed by atoms with Gasteiger partial charge in [0, 0.05) is 34.8 Å². The number of hydrogen-bond donors (Lipinski definition) is 1. The van der Waals surface area contributed by atoms with E-state index in [-0.39, 0.29) is 11.5 Å². The number of H-pyrrole nitrogens is 1. The van der Waals surface area contributed by atoms with Gasteiger partial charge in [-0.05, 0) is 30.3 Å². The van der Waals surface area contributed by atoms with Crippen LogP contribution >= 0.6 is 0 Å². The lowest BCUT2D eigenvalue weighted by Gasteiger charge is -2.05. The van der Waals surface area contributed by atoms with Crippen molar-refractivity contribution in [3.05, 3.63) is 89.9 Å². The third kappa shape index (κ3) is 2.78. The fourth-order valence-corrected chi connectivity index (χ4v) is 2.75. The van der Waals surface area contributed by atoms with Gasteiger partial charge in [0.2, 0.25) is 0 Å². The summed E-state index contributed by atoms with van der Waals surface area (Å²) in [6.45, 7) is 0. The zero-order chi connectivity index (χ0) is 17.9. The lowest BCUT2D eigenvalue weighted by atomic mass is 10.0. The molecule has 0 spiro atoms. The van der Waals surface area contributed by atoms with Crippen LogP contribution in [-0.2, 0) is 0 Å². The molecule has 0 atom stereocenters. The van der Waals surface area contributed by atoms with Crippen LogP contribution < -0.4 is 0 Å². The van der Waals surface area contributed by atoms with Gasteiger partial charge in [-0.15, -0.1) is 5.10 Å². The van der Waals surface area contributed by atoms with Crippen molar-refractivity contribution < 1.29 is 4.79 Å². The molecule has 124 valence electrons. The first-order valence-electron chi connectivity index (χ1n) is 7.95. The third-order valence-electron chi connectivity index (χ3n) is 4.08. The Labute approximate surface area is 149 Å². The predicted molar refractivity (Wildman–Crippen MR) is 95.7 cm³/mol. The molecule has 0 saturated heterocycles. The van der Waals surface area contributed by atoms with E-state index in [4.69, 9.17) is 5.26 Å². The standard InChI is InChI=1S/C20H13N5O/c21-12-18-19(23-24-22-18)16-10-11-25(13-16)17-8-6-15(7-9-17)20(26)14-4-2-1-3-5-14/h1-11,13H,(H,22,23,24). The topological polar surface area (TPSA) is 87.4 Å². The summed E-state index contributed by atoms with van der Waals surface area (Å²) < 4.78 is 1.90. The lowest BCUT2D eigenvalue weighted by molar-refractivity contribution is 0.103. The summed E-state index contributed by atoms with van der Waals surface area (Å²) in [4.78, 5) is 12.5. The first-order chi connectivity index (χ1) is 12.8. The summed E-state index contributed by atoms with van der Waals surface area (Å²) in [7, 11) is 0. The maximum atomic E-state index is 12.5. The molecule has 1 N–H and O–H groups in total. The second kappa shape index (κ2) is 6.49. The molecule has 26 heavy (non-hydrogen) atoms. The number of ketones is 1. The van der Waals surface area contributed by atoms with Crippen molar-refractivity contribution in [2.45, 2.75) is 0 Å². The van der Waals surface area contributed by atoms with E-state index in [0.717, 1.165) is 11.3 Å². The SMILES string of the molecule is N#Cc1n[nH]nc1-c1ccn(-c2ccc(C(=O)c3ccccc3)cc2)c1. The minimum absolute atomic E-state index is 0.00777. The summed E-state index contributed by atoms with van der Waals surface area (Å²) >= 11 is 0. The van der Waals surface area contributed by atoms with Crippen molar-refractivity contribution in [3.8, 4) is 23.0 Å². The van der Waals surface area contributed by atoms with Gasteiger partial charge in [-0.25, -0.2) is 0 Å². The highest BCUT2D eigenvalue weighted by molar-refractivity contribution is 6.09. The molecule has 0 fully saturated rings. The first-order valence-corrected chi connectivity index (χ1v) is 7.95. The fourth-order valence-electron chi connectivity index (χ4n) is 2.75. The predicted octanol–water partition coefficient (Wildman–Crippen LogP) is 3.37. The maximum absolute atomic E-state index is 12.5. The highest BCUT2D eigenvalue weighted by Crippen LogP contribution is 2.22. The quantitative estimate of drug-likeness (QED) is 0.578. The average molecular weight is 339 g/mol. The number of benzene rings is 2. The Morgan fingerprint density at radius 3 is 2.42 bits per heavy atom. The van der Waals surface area contributed by atoms with Gasteiger partial charge in [-0.3, -0.25) is 4.79 Å². The second-order valence-corrected chi connectivity index (χ2v) is 5.68. The van der Waals surface area contributed by atoms with Crippen LogP contribution in [0.3, 0.4) is 0 Å². The van der Waals surface area contributed by atoms with Gasteiger partial charge in [0.1, 0.15) is 11.8 Å². The van der Waals surface area contributed by atoms with Gasteiger partial charge in [0.25, 0.3) is 0 Å². The molecule has 2 aromatic heterocycles. The number of nitriles is 1. The number of hydrogen-bond acceptors (Lipinski definition) is 4. The van der Waals surface area contributed by atoms with E-state index in [9.17, 15) is 4.79 Å². The van der Waals surface area contributed by atoms with Gasteiger partial charge in [0.15, 0.2) is 11.5 Å². The number of aromatic amines is 1. The Kier molecular flexibility index (Phi) is 3.88. The van der Waals surface area contributed by atoms with Gasteiger partial charge in [0.05, 0.1) is 0 Å².